The van der Waals surface area contributed by atoms with E-state index in [1.54, 1.807) is 0 Å². The average molecular weight is 823 g/mol. The zero-order valence-corrected chi connectivity index (χ0v) is 29.8. The molecule has 223 valence electrons. The summed E-state index contributed by atoms with van der Waals surface area (Å²) in [7, 11) is 0. The first kappa shape index (κ1) is 30.7. The van der Waals surface area contributed by atoms with E-state index >= 15 is 0 Å². The summed E-state index contributed by atoms with van der Waals surface area (Å²) >= 11 is -1.72. The van der Waals surface area contributed by atoms with Crippen LogP contribution in [0.5, 0.6) is 0 Å². The van der Waals surface area contributed by atoms with Crippen molar-refractivity contribution in [2.75, 3.05) is 0 Å². The standard InChI is InChI=1S/C25H15N2O.C14H16GeN.Ir/c1-2-8-18(9-3-1)27-22-12-6-5-11-21(22)26-25(27)17-14-15-20-19-10-4-7-13-23(19)28-24(20)16-17;1-15(2,3)13-9-10-14(16-11-13)12-7-5-4-6-8-12;/h1-13,15-16H;4-7,9-11H,1-3H3;/q2*-1;. The van der Waals surface area contributed by atoms with Gasteiger partial charge < -0.3 is 8.98 Å². The van der Waals surface area contributed by atoms with Gasteiger partial charge in [0.15, 0.2) is 0 Å². The maximum atomic E-state index is 6.08. The molecule has 0 saturated heterocycles. The molecule has 0 unspecified atom stereocenters. The monoisotopic (exact) mass is 824 g/mol. The van der Waals surface area contributed by atoms with Crippen molar-refractivity contribution in [1.29, 1.82) is 0 Å². The maximum absolute atomic E-state index is 6.08. The Kier molecular flexibility index (Phi) is 8.86. The third-order valence-electron chi connectivity index (χ3n) is 7.74. The summed E-state index contributed by atoms with van der Waals surface area (Å²) in [5, 5.41) is 2.18. The average Bonchev–Trinajstić information content (AvgIpc) is 3.64. The molecular formula is C39H31GeIrN3O-2. The first-order valence-electron chi connectivity index (χ1n) is 14.8. The molecule has 45 heavy (non-hydrogen) atoms. The first-order valence-corrected chi connectivity index (χ1v) is 22.1. The largest absolute Gasteiger partial charge is 0.476 e. The summed E-state index contributed by atoms with van der Waals surface area (Å²) in [4.78, 5) is 9.44. The van der Waals surface area contributed by atoms with Crippen molar-refractivity contribution in [3.63, 3.8) is 0 Å². The predicted octanol–water partition coefficient (Wildman–Crippen LogP) is 9.48. The Morgan fingerprint density at radius 3 is 2.20 bits per heavy atom. The Balaban J connectivity index is 0.000000181. The van der Waals surface area contributed by atoms with Gasteiger partial charge in [0.25, 0.3) is 0 Å². The fourth-order valence-electron chi connectivity index (χ4n) is 5.39. The van der Waals surface area contributed by atoms with E-state index in [-0.39, 0.29) is 20.1 Å². The molecule has 5 aromatic carbocycles. The molecule has 0 spiro atoms. The van der Waals surface area contributed by atoms with Crippen LogP contribution in [0.25, 0.3) is 61.3 Å². The van der Waals surface area contributed by atoms with Gasteiger partial charge in [-0.1, -0.05) is 60.0 Å². The van der Waals surface area contributed by atoms with Gasteiger partial charge in [0.2, 0.25) is 0 Å². The number of para-hydroxylation sites is 4. The van der Waals surface area contributed by atoms with Gasteiger partial charge in [0.05, 0.1) is 22.4 Å². The second-order valence-electron chi connectivity index (χ2n) is 11.8. The number of hydrogen-bond acceptors (Lipinski definition) is 3. The van der Waals surface area contributed by atoms with Crippen molar-refractivity contribution in [1.82, 2.24) is 14.5 Å². The fourth-order valence-corrected chi connectivity index (χ4v) is 7.56. The molecule has 4 nitrogen and oxygen atoms in total. The van der Waals surface area contributed by atoms with Gasteiger partial charge in [-0.15, -0.1) is 17.7 Å². The topological polar surface area (TPSA) is 43.9 Å². The second kappa shape index (κ2) is 13.0. The van der Waals surface area contributed by atoms with Crippen LogP contribution in [0.15, 0.2) is 138 Å². The van der Waals surface area contributed by atoms with Crippen LogP contribution in [0.3, 0.4) is 0 Å². The number of pyridine rings is 1. The van der Waals surface area contributed by atoms with E-state index in [0.29, 0.717) is 0 Å². The molecule has 0 aliphatic carbocycles. The van der Waals surface area contributed by atoms with E-state index in [9.17, 15) is 0 Å². The SMILES string of the molecule is [CH3][Ge]([CH3])([CH3])[c]1ccc(-c2[c-]cccc2)nc1.[Ir].[c-]1cc2c(cc1-c1nc3ccccc3n1-c1ccccc1)oc1ccccc12. The van der Waals surface area contributed by atoms with Crippen molar-refractivity contribution in [3.05, 3.63) is 146 Å². The number of hydrogen-bond donors (Lipinski definition) is 0. The molecule has 6 heteroatoms. The third kappa shape index (κ3) is 6.30. The molecule has 0 aliphatic heterocycles. The van der Waals surface area contributed by atoms with Gasteiger partial charge in [-0.05, 0) is 35.7 Å². The van der Waals surface area contributed by atoms with Crippen LogP contribution in [0, 0.1) is 12.1 Å². The summed E-state index contributed by atoms with van der Waals surface area (Å²) < 4.78 is 9.70. The van der Waals surface area contributed by atoms with Gasteiger partial charge in [0, 0.05) is 25.8 Å². The Morgan fingerprint density at radius 2 is 1.44 bits per heavy atom. The second-order valence-corrected chi connectivity index (χ2v) is 22.4. The number of furan rings is 1. The molecule has 0 aliphatic rings. The van der Waals surface area contributed by atoms with Crippen LogP contribution in [0.2, 0.25) is 17.3 Å². The number of aromatic nitrogens is 3. The number of fused-ring (bicyclic) bond motifs is 4. The number of benzene rings is 5. The molecule has 0 atom stereocenters. The minimum atomic E-state index is -1.72. The van der Waals surface area contributed by atoms with Gasteiger partial charge in [-0.3, -0.25) is 4.98 Å². The summed E-state index contributed by atoms with van der Waals surface area (Å²) in [5.74, 6) is 8.00. The maximum Gasteiger partial charge on any atom is 0.123 e. The Morgan fingerprint density at radius 1 is 0.689 bits per heavy atom. The molecule has 8 aromatic rings. The quantitative estimate of drug-likeness (QED) is 0.131. The molecule has 1 radical (unpaired) electrons. The van der Waals surface area contributed by atoms with Crippen LogP contribution >= 0.6 is 0 Å². The van der Waals surface area contributed by atoms with Crippen LogP contribution in [0.4, 0.5) is 0 Å². The van der Waals surface area contributed by atoms with E-state index in [1.807, 2.05) is 97.2 Å². The Labute approximate surface area is 279 Å². The van der Waals surface area contributed by atoms with Gasteiger partial charge in [0.1, 0.15) is 5.58 Å². The zero-order valence-electron chi connectivity index (χ0n) is 25.3. The normalized spacial score (nSPS) is 11.3. The van der Waals surface area contributed by atoms with E-state index in [0.717, 1.165) is 61.3 Å². The van der Waals surface area contributed by atoms with Crippen LogP contribution in [-0.4, -0.2) is 27.8 Å². The van der Waals surface area contributed by atoms with Gasteiger partial charge in [-0.25, -0.2) is 0 Å². The third-order valence-corrected chi connectivity index (χ3v) is 12.0. The molecular weight excluding hydrogens is 791 g/mol. The number of rotatable bonds is 4. The molecule has 3 heterocycles. The van der Waals surface area contributed by atoms with Crippen LogP contribution in [-0.2, 0) is 20.1 Å². The van der Waals surface area contributed by atoms with Crippen molar-refractivity contribution < 1.29 is 24.5 Å². The minimum Gasteiger partial charge on any atom is -0.476 e. The Hall–Kier alpha value is -4.29. The predicted molar refractivity (Wildman–Crippen MR) is 184 cm³/mol. The smallest absolute Gasteiger partial charge is 0.123 e. The van der Waals surface area contributed by atoms with Crippen LogP contribution in [0.1, 0.15) is 0 Å². The van der Waals surface area contributed by atoms with Crippen molar-refractivity contribution in [2.24, 2.45) is 0 Å². The molecule has 0 bridgehead atoms. The molecule has 8 rings (SSSR count). The van der Waals surface area contributed by atoms with Gasteiger partial charge >= 0.3 is 99.8 Å². The summed E-state index contributed by atoms with van der Waals surface area (Å²) in [5.41, 5.74) is 7.82. The summed E-state index contributed by atoms with van der Waals surface area (Å²) in [6.45, 7) is 0. The Bertz CT molecular complexity index is 2200. The van der Waals surface area contributed by atoms with E-state index in [2.05, 4.69) is 75.4 Å². The van der Waals surface area contributed by atoms with E-state index in [1.165, 1.54) is 4.40 Å². The zero-order chi connectivity index (χ0) is 30.1. The van der Waals surface area contributed by atoms with Gasteiger partial charge in [-0.2, -0.15) is 0 Å². The minimum absolute atomic E-state index is 0. The summed E-state index contributed by atoms with van der Waals surface area (Å²) in [6.07, 6.45) is 2.04. The van der Waals surface area contributed by atoms with E-state index in [4.69, 9.17) is 9.40 Å². The van der Waals surface area contributed by atoms with Crippen LogP contribution < -0.4 is 4.40 Å². The molecule has 0 saturated carbocycles. The van der Waals surface area contributed by atoms with E-state index < -0.39 is 13.3 Å². The molecule has 0 fully saturated rings. The summed E-state index contributed by atoms with van der Waals surface area (Å²) in [6, 6.07) is 49.5. The van der Waals surface area contributed by atoms with Crippen molar-refractivity contribution in [2.45, 2.75) is 17.3 Å². The van der Waals surface area contributed by atoms with Crippen molar-refractivity contribution in [3.8, 4) is 28.3 Å². The number of nitrogens with zero attached hydrogens (tertiary/aromatic N) is 3. The van der Waals surface area contributed by atoms with Crippen molar-refractivity contribution >= 4 is 50.6 Å². The first-order chi connectivity index (χ1) is 21.5. The molecule has 0 amide bonds. The molecule has 0 N–H and O–H groups in total. The molecule has 3 aromatic heterocycles. The fraction of sp³-hybridized carbons (Fsp3) is 0.0769. The number of imidazole rings is 1.